The normalized spacial score (nSPS) is 14.2. The van der Waals surface area contributed by atoms with E-state index in [2.05, 4.69) is 15.5 Å². The third-order valence-corrected chi connectivity index (χ3v) is 5.97. The van der Waals surface area contributed by atoms with Crippen molar-refractivity contribution in [1.82, 2.24) is 10.2 Å². The summed E-state index contributed by atoms with van der Waals surface area (Å²) in [6.45, 7) is 2.65. The molecule has 0 saturated carbocycles. The summed E-state index contributed by atoms with van der Waals surface area (Å²) < 4.78 is 37.7. The zero-order chi connectivity index (χ0) is 21.9. The first-order valence-corrected chi connectivity index (χ1v) is 10.4. The summed E-state index contributed by atoms with van der Waals surface area (Å²) >= 11 is 7.03. The van der Waals surface area contributed by atoms with Gasteiger partial charge in [0, 0.05) is 28.7 Å². The molecule has 1 aromatic heterocycles. The standard InChI is InChI=1S/C19H20ClF3N4O2S/c1-2-27-8-7-13-14(9-27)30-17(15(13)16(28)24-10-19(21,22)23)26-18(29)25-12-5-3-11(20)4-6-12/h3-6H,2,7-10H2,1H3,(H,24,28)(H2,25,26,29). The second kappa shape index (κ2) is 9.23. The first kappa shape index (κ1) is 22.4. The molecule has 0 unspecified atom stereocenters. The van der Waals surface area contributed by atoms with Gasteiger partial charge in [-0.05, 0) is 42.8 Å². The molecule has 3 rings (SSSR count). The molecule has 2 heterocycles. The lowest BCUT2D eigenvalue weighted by Crippen LogP contribution is -2.35. The molecule has 0 atom stereocenters. The molecule has 162 valence electrons. The number of urea groups is 1. The Bertz CT molecular complexity index is 931. The maximum Gasteiger partial charge on any atom is 0.405 e. The van der Waals surface area contributed by atoms with Crippen LogP contribution in [0.25, 0.3) is 0 Å². The third kappa shape index (κ3) is 5.65. The minimum atomic E-state index is -4.52. The molecular formula is C19H20ClF3N4O2S. The first-order valence-electron chi connectivity index (χ1n) is 9.21. The molecular weight excluding hydrogens is 441 g/mol. The van der Waals surface area contributed by atoms with E-state index in [9.17, 15) is 22.8 Å². The molecule has 0 radical (unpaired) electrons. The number of hydrogen-bond acceptors (Lipinski definition) is 4. The van der Waals surface area contributed by atoms with Crippen LogP contribution in [0.1, 0.15) is 27.7 Å². The van der Waals surface area contributed by atoms with E-state index in [1.807, 2.05) is 12.2 Å². The molecule has 3 amide bonds. The summed E-state index contributed by atoms with van der Waals surface area (Å²) in [6, 6.07) is 5.83. The van der Waals surface area contributed by atoms with Crippen molar-refractivity contribution >= 4 is 45.6 Å². The van der Waals surface area contributed by atoms with E-state index < -0.39 is 24.7 Å². The number of anilines is 2. The molecule has 0 bridgehead atoms. The lowest BCUT2D eigenvalue weighted by molar-refractivity contribution is -0.123. The Morgan fingerprint density at radius 2 is 1.90 bits per heavy atom. The number of carbonyl (C=O) groups is 2. The monoisotopic (exact) mass is 460 g/mol. The van der Waals surface area contributed by atoms with Crippen molar-refractivity contribution < 1.29 is 22.8 Å². The van der Waals surface area contributed by atoms with Crippen LogP contribution in [0.2, 0.25) is 5.02 Å². The number of likely N-dealkylation sites (N-methyl/N-ethyl adjacent to an activating group) is 1. The number of hydrogen-bond donors (Lipinski definition) is 3. The lowest BCUT2D eigenvalue weighted by atomic mass is 10.0. The lowest BCUT2D eigenvalue weighted by Gasteiger charge is -2.25. The van der Waals surface area contributed by atoms with Crippen LogP contribution in [0.15, 0.2) is 24.3 Å². The Balaban J connectivity index is 1.82. The molecule has 3 N–H and O–H groups in total. The van der Waals surface area contributed by atoms with Gasteiger partial charge in [-0.15, -0.1) is 11.3 Å². The van der Waals surface area contributed by atoms with Gasteiger partial charge < -0.3 is 10.6 Å². The van der Waals surface area contributed by atoms with Gasteiger partial charge in [0.15, 0.2) is 0 Å². The van der Waals surface area contributed by atoms with E-state index in [-0.39, 0.29) is 10.6 Å². The summed E-state index contributed by atoms with van der Waals surface area (Å²) in [7, 11) is 0. The van der Waals surface area contributed by atoms with E-state index >= 15 is 0 Å². The van der Waals surface area contributed by atoms with Gasteiger partial charge >= 0.3 is 12.2 Å². The molecule has 0 spiro atoms. The number of thiophene rings is 1. The highest BCUT2D eigenvalue weighted by Crippen LogP contribution is 2.37. The fraction of sp³-hybridized carbons (Fsp3) is 0.368. The smallest absolute Gasteiger partial charge is 0.343 e. The van der Waals surface area contributed by atoms with Crippen LogP contribution in [0, 0.1) is 0 Å². The maximum atomic E-state index is 12.6. The van der Waals surface area contributed by atoms with Crippen molar-refractivity contribution in [3.63, 3.8) is 0 Å². The Morgan fingerprint density at radius 1 is 1.20 bits per heavy atom. The molecule has 0 aliphatic carbocycles. The van der Waals surface area contributed by atoms with E-state index in [0.29, 0.717) is 35.8 Å². The molecule has 1 aromatic carbocycles. The average molecular weight is 461 g/mol. The Hall–Kier alpha value is -2.30. The second-order valence-electron chi connectivity index (χ2n) is 6.71. The van der Waals surface area contributed by atoms with Gasteiger partial charge in [-0.1, -0.05) is 18.5 Å². The number of amides is 3. The fourth-order valence-corrected chi connectivity index (χ4v) is 4.53. The van der Waals surface area contributed by atoms with Gasteiger partial charge in [-0.25, -0.2) is 4.79 Å². The zero-order valence-corrected chi connectivity index (χ0v) is 17.6. The van der Waals surface area contributed by atoms with Crippen LogP contribution in [-0.2, 0) is 13.0 Å². The highest BCUT2D eigenvalue weighted by Gasteiger charge is 2.32. The number of nitrogens with zero attached hydrogens (tertiary/aromatic N) is 1. The predicted molar refractivity (Wildman–Crippen MR) is 111 cm³/mol. The van der Waals surface area contributed by atoms with Crippen LogP contribution in [0.5, 0.6) is 0 Å². The summed E-state index contributed by atoms with van der Waals surface area (Å²) in [6.07, 6.45) is -4.00. The summed E-state index contributed by atoms with van der Waals surface area (Å²) in [5.41, 5.74) is 1.27. The van der Waals surface area contributed by atoms with E-state index in [0.717, 1.165) is 11.4 Å². The molecule has 0 saturated heterocycles. The first-order chi connectivity index (χ1) is 14.2. The maximum absolute atomic E-state index is 12.6. The molecule has 1 aliphatic rings. The Labute approximate surface area is 180 Å². The Morgan fingerprint density at radius 3 is 2.53 bits per heavy atom. The SMILES string of the molecule is CCN1CCc2c(sc(NC(=O)Nc3ccc(Cl)cc3)c2C(=O)NCC(F)(F)F)C1. The number of alkyl halides is 3. The van der Waals surface area contributed by atoms with Crippen molar-refractivity contribution in [2.24, 2.45) is 0 Å². The summed E-state index contributed by atoms with van der Waals surface area (Å²) in [4.78, 5) is 28.0. The van der Waals surface area contributed by atoms with Gasteiger partial charge in [0.25, 0.3) is 5.91 Å². The number of rotatable bonds is 5. The van der Waals surface area contributed by atoms with Crippen LogP contribution < -0.4 is 16.0 Å². The van der Waals surface area contributed by atoms with Gasteiger partial charge in [0.05, 0.1) is 5.56 Å². The molecule has 1 aliphatic heterocycles. The average Bonchev–Trinajstić information content (AvgIpc) is 3.04. The largest absolute Gasteiger partial charge is 0.405 e. The van der Waals surface area contributed by atoms with Gasteiger partial charge in [0.1, 0.15) is 11.5 Å². The minimum absolute atomic E-state index is 0.0984. The molecule has 0 fully saturated rings. The number of halogens is 4. The quantitative estimate of drug-likeness (QED) is 0.604. The number of fused-ring (bicyclic) bond motifs is 1. The number of carbonyl (C=O) groups excluding carboxylic acids is 2. The topological polar surface area (TPSA) is 73.5 Å². The fourth-order valence-electron chi connectivity index (χ4n) is 3.12. The molecule has 30 heavy (non-hydrogen) atoms. The number of nitrogens with one attached hydrogen (secondary N) is 3. The summed E-state index contributed by atoms with van der Waals surface area (Å²) in [5.74, 6) is -0.850. The minimum Gasteiger partial charge on any atom is -0.343 e. The van der Waals surface area contributed by atoms with Crippen molar-refractivity contribution in [2.45, 2.75) is 26.1 Å². The molecule has 11 heteroatoms. The van der Waals surface area contributed by atoms with Gasteiger partial charge in [-0.2, -0.15) is 13.2 Å². The van der Waals surface area contributed by atoms with E-state index in [1.165, 1.54) is 11.3 Å². The van der Waals surface area contributed by atoms with E-state index in [1.54, 1.807) is 24.3 Å². The van der Waals surface area contributed by atoms with Crippen molar-refractivity contribution in [1.29, 1.82) is 0 Å². The van der Waals surface area contributed by atoms with Crippen LogP contribution >= 0.6 is 22.9 Å². The van der Waals surface area contributed by atoms with Crippen molar-refractivity contribution in [2.75, 3.05) is 30.3 Å². The predicted octanol–water partition coefficient (Wildman–Crippen LogP) is 4.72. The summed E-state index contributed by atoms with van der Waals surface area (Å²) in [5, 5.41) is 7.88. The second-order valence-corrected chi connectivity index (χ2v) is 8.25. The highest BCUT2D eigenvalue weighted by atomic mass is 35.5. The zero-order valence-electron chi connectivity index (χ0n) is 16.0. The Kier molecular flexibility index (Phi) is 6.89. The van der Waals surface area contributed by atoms with Crippen LogP contribution in [0.3, 0.4) is 0 Å². The molecule has 2 aromatic rings. The van der Waals surface area contributed by atoms with Crippen LogP contribution in [-0.4, -0.2) is 42.6 Å². The highest BCUT2D eigenvalue weighted by molar-refractivity contribution is 7.17. The van der Waals surface area contributed by atoms with Crippen molar-refractivity contribution in [3.05, 3.63) is 45.3 Å². The van der Waals surface area contributed by atoms with Crippen molar-refractivity contribution in [3.8, 4) is 0 Å². The molecule has 6 nitrogen and oxygen atoms in total. The van der Waals surface area contributed by atoms with E-state index in [4.69, 9.17) is 11.6 Å². The third-order valence-electron chi connectivity index (χ3n) is 4.59. The van der Waals surface area contributed by atoms with Crippen LogP contribution in [0.4, 0.5) is 28.7 Å². The number of benzene rings is 1. The van der Waals surface area contributed by atoms with Gasteiger partial charge in [-0.3, -0.25) is 15.0 Å². The van der Waals surface area contributed by atoms with Gasteiger partial charge in [0.2, 0.25) is 0 Å².